The van der Waals surface area contributed by atoms with Gasteiger partial charge >= 0.3 is 5.97 Å². The molecule has 0 aliphatic carbocycles. The van der Waals surface area contributed by atoms with Gasteiger partial charge in [-0.2, -0.15) is 5.10 Å². The highest BCUT2D eigenvalue weighted by Crippen LogP contribution is 2.32. The number of aromatic nitrogens is 2. The third kappa shape index (κ3) is 7.81. The lowest BCUT2D eigenvalue weighted by atomic mass is 9.96. The second-order valence-electron chi connectivity index (χ2n) is 8.96. The first-order valence-corrected chi connectivity index (χ1v) is 12.5. The van der Waals surface area contributed by atoms with E-state index in [1.54, 1.807) is 10.9 Å². The van der Waals surface area contributed by atoms with Gasteiger partial charge in [0.05, 0.1) is 12.8 Å². The number of esters is 1. The van der Waals surface area contributed by atoms with Crippen molar-refractivity contribution in [3.05, 3.63) is 30.5 Å². The maximum Gasteiger partial charge on any atom is 0.325 e. The molecule has 0 saturated carbocycles. The molecule has 36 heavy (non-hydrogen) atoms. The molecule has 2 heterocycles. The Morgan fingerprint density at radius 2 is 1.94 bits per heavy atom. The summed E-state index contributed by atoms with van der Waals surface area (Å²) in [6.45, 7) is 4.77. The van der Waals surface area contributed by atoms with Crippen molar-refractivity contribution in [2.45, 2.75) is 39.0 Å². The average Bonchev–Trinajstić information content (AvgIpc) is 3.32. The summed E-state index contributed by atoms with van der Waals surface area (Å²) in [6, 6.07) is 7.59. The minimum Gasteiger partial charge on any atom is -0.492 e. The van der Waals surface area contributed by atoms with Gasteiger partial charge < -0.3 is 20.1 Å². The number of anilines is 1. The quantitative estimate of drug-likeness (QED) is 0.432. The molecule has 1 saturated heterocycles. The lowest BCUT2D eigenvalue weighted by Gasteiger charge is -2.31. The van der Waals surface area contributed by atoms with E-state index < -0.39 is 5.97 Å². The van der Waals surface area contributed by atoms with E-state index in [4.69, 9.17) is 4.74 Å². The molecule has 10 heteroatoms. The maximum absolute atomic E-state index is 12.3. The van der Waals surface area contributed by atoms with E-state index in [1.165, 1.54) is 7.11 Å². The van der Waals surface area contributed by atoms with Gasteiger partial charge in [0.15, 0.2) is 0 Å². The van der Waals surface area contributed by atoms with E-state index in [0.717, 1.165) is 68.0 Å². The number of unbranched alkanes of at least 4 members (excludes halogenated alkanes) is 1. The summed E-state index contributed by atoms with van der Waals surface area (Å²) in [5, 5.41) is 9.89. The van der Waals surface area contributed by atoms with E-state index >= 15 is 0 Å². The van der Waals surface area contributed by atoms with Crippen LogP contribution in [0.15, 0.2) is 30.5 Å². The first-order chi connectivity index (χ1) is 17.4. The average molecular weight is 500 g/mol. The van der Waals surface area contributed by atoms with Crippen LogP contribution < -0.4 is 15.4 Å². The number of nitrogens with one attached hydrogen (secondary N) is 2. The molecule has 0 bridgehead atoms. The number of piperidine rings is 1. The number of likely N-dealkylation sites (tertiary alicyclic amines) is 1. The van der Waals surface area contributed by atoms with Crippen LogP contribution in [0.4, 0.5) is 5.69 Å². The molecule has 196 valence electrons. The fourth-order valence-electron chi connectivity index (χ4n) is 4.21. The van der Waals surface area contributed by atoms with Crippen LogP contribution >= 0.6 is 0 Å². The molecular weight excluding hydrogens is 462 g/mol. The molecule has 0 radical (unpaired) electrons. The Labute approximate surface area is 212 Å². The second-order valence-corrected chi connectivity index (χ2v) is 8.96. The van der Waals surface area contributed by atoms with Crippen LogP contribution in [0.25, 0.3) is 11.3 Å². The van der Waals surface area contributed by atoms with Gasteiger partial charge in [0.2, 0.25) is 11.8 Å². The van der Waals surface area contributed by atoms with Crippen LogP contribution in [0.2, 0.25) is 0 Å². The van der Waals surface area contributed by atoms with Crippen LogP contribution in [0.5, 0.6) is 5.75 Å². The lowest BCUT2D eigenvalue weighted by Crippen LogP contribution is -2.43. The summed E-state index contributed by atoms with van der Waals surface area (Å²) < 4.78 is 12.5. The van der Waals surface area contributed by atoms with Gasteiger partial charge in [-0.3, -0.25) is 24.0 Å². The van der Waals surface area contributed by atoms with E-state index in [1.807, 2.05) is 31.3 Å². The van der Waals surface area contributed by atoms with Crippen molar-refractivity contribution in [1.82, 2.24) is 20.0 Å². The highest BCUT2D eigenvalue weighted by Gasteiger charge is 2.25. The molecule has 1 aromatic carbocycles. The van der Waals surface area contributed by atoms with Crippen molar-refractivity contribution in [3.8, 4) is 17.0 Å². The van der Waals surface area contributed by atoms with Crippen LogP contribution in [0.1, 0.15) is 39.0 Å². The topological polar surface area (TPSA) is 115 Å². The number of benzene rings is 1. The Morgan fingerprint density at radius 1 is 1.17 bits per heavy atom. The molecule has 0 atom stereocenters. The Balaban J connectivity index is 1.54. The summed E-state index contributed by atoms with van der Waals surface area (Å²) >= 11 is 0. The monoisotopic (exact) mass is 499 g/mol. The molecule has 1 aliphatic rings. The molecule has 1 aliphatic heterocycles. The van der Waals surface area contributed by atoms with Crippen molar-refractivity contribution in [3.63, 3.8) is 0 Å². The highest BCUT2D eigenvalue weighted by molar-refractivity contribution is 5.91. The van der Waals surface area contributed by atoms with Crippen molar-refractivity contribution in [2.24, 2.45) is 13.0 Å². The van der Waals surface area contributed by atoms with Crippen molar-refractivity contribution < 1.29 is 23.9 Å². The van der Waals surface area contributed by atoms with Gasteiger partial charge in [-0.15, -0.1) is 0 Å². The predicted octanol–water partition coefficient (Wildman–Crippen LogP) is 2.60. The summed E-state index contributed by atoms with van der Waals surface area (Å²) in [5.74, 6) is 0.0868. The first kappa shape index (κ1) is 27.2. The summed E-state index contributed by atoms with van der Waals surface area (Å²) in [5.41, 5.74) is 2.49. The molecule has 10 nitrogen and oxygen atoms in total. The van der Waals surface area contributed by atoms with Crippen LogP contribution in [-0.4, -0.2) is 72.4 Å². The molecule has 2 amide bonds. The fourth-order valence-corrected chi connectivity index (χ4v) is 4.21. The Kier molecular flexibility index (Phi) is 10.3. The number of nitrogens with zero attached hydrogens (tertiary/aromatic N) is 3. The number of ether oxygens (including phenoxy) is 2. The van der Waals surface area contributed by atoms with Crippen molar-refractivity contribution in [2.75, 3.05) is 45.2 Å². The van der Waals surface area contributed by atoms with E-state index in [0.29, 0.717) is 13.0 Å². The normalized spacial score (nSPS) is 14.3. The molecule has 2 N–H and O–H groups in total. The Morgan fingerprint density at radius 3 is 2.61 bits per heavy atom. The summed E-state index contributed by atoms with van der Waals surface area (Å²) in [7, 11) is 3.17. The third-order valence-corrected chi connectivity index (χ3v) is 6.38. The maximum atomic E-state index is 12.3. The molecule has 1 aromatic heterocycles. The number of amides is 2. The first-order valence-electron chi connectivity index (χ1n) is 12.5. The SMILES string of the molecule is CCCCC(=O)Nc1ccc(OCCN2CCC(C(=O)NCC(=O)OC)CC2)c(-c2ccnn2C)c1. The smallest absolute Gasteiger partial charge is 0.325 e. The molecule has 0 spiro atoms. The summed E-state index contributed by atoms with van der Waals surface area (Å²) in [6.07, 6.45) is 5.54. The zero-order valence-electron chi connectivity index (χ0n) is 21.4. The minimum atomic E-state index is -0.449. The van der Waals surface area contributed by atoms with Gasteiger partial charge in [0, 0.05) is 43.4 Å². The predicted molar refractivity (Wildman–Crippen MR) is 136 cm³/mol. The van der Waals surface area contributed by atoms with Crippen LogP contribution in [0, 0.1) is 5.92 Å². The van der Waals surface area contributed by atoms with E-state index in [2.05, 4.69) is 32.3 Å². The number of rotatable bonds is 12. The minimum absolute atomic E-state index is 0.00357. The zero-order chi connectivity index (χ0) is 25.9. The van der Waals surface area contributed by atoms with Gasteiger partial charge in [-0.25, -0.2) is 0 Å². The lowest BCUT2D eigenvalue weighted by molar-refractivity contribution is -0.141. The number of hydrogen-bond acceptors (Lipinski definition) is 7. The highest BCUT2D eigenvalue weighted by atomic mass is 16.5. The molecule has 3 rings (SSSR count). The van der Waals surface area contributed by atoms with Gasteiger partial charge in [0.1, 0.15) is 18.9 Å². The standard InChI is InChI=1S/C26H37N5O5/c1-4-5-6-24(32)29-20-7-8-23(21(17-20)22-9-12-28-30(22)2)36-16-15-31-13-10-19(11-14-31)26(34)27-18-25(33)35-3/h7-9,12,17,19H,4-6,10-11,13-16,18H2,1-3H3,(H,27,34)(H,29,32). The number of carbonyl (C=O) groups is 3. The molecule has 1 fully saturated rings. The summed E-state index contributed by atoms with van der Waals surface area (Å²) in [4.78, 5) is 38.0. The molecular formula is C26H37N5O5. The van der Waals surface area contributed by atoms with Gasteiger partial charge in [-0.05, 0) is 56.6 Å². The largest absolute Gasteiger partial charge is 0.492 e. The van der Waals surface area contributed by atoms with E-state index in [-0.39, 0.29) is 24.3 Å². The number of carbonyl (C=O) groups excluding carboxylic acids is 3. The molecule has 2 aromatic rings. The number of methoxy groups -OCH3 is 1. The van der Waals surface area contributed by atoms with Gasteiger partial charge in [-0.1, -0.05) is 13.3 Å². The second kappa shape index (κ2) is 13.6. The fraction of sp³-hybridized carbons (Fsp3) is 0.538. The van der Waals surface area contributed by atoms with Crippen LogP contribution in [0.3, 0.4) is 0 Å². The zero-order valence-corrected chi connectivity index (χ0v) is 21.4. The van der Waals surface area contributed by atoms with Crippen molar-refractivity contribution >= 4 is 23.5 Å². The Bertz CT molecular complexity index is 1030. The van der Waals surface area contributed by atoms with Crippen molar-refractivity contribution in [1.29, 1.82) is 0 Å². The number of hydrogen-bond donors (Lipinski definition) is 2. The number of aryl methyl sites for hydroxylation is 1. The third-order valence-electron chi connectivity index (χ3n) is 6.38. The Hall–Kier alpha value is -3.40. The molecule has 0 unspecified atom stereocenters. The van der Waals surface area contributed by atoms with Gasteiger partial charge in [0.25, 0.3) is 0 Å². The van der Waals surface area contributed by atoms with E-state index in [9.17, 15) is 14.4 Å². The van der Waals surface area contributed by atoms with Crippen LogP contribution in [-0.2, 0) is 26.2 Å².